The van der Waals surface area contributed by atoms with Gasteiger partial charge in [0, 0.05) is 0 Å². The van der Waals surface area contributed by atoms with Crippen LogP contribution < -0.4 is 10.1 Å². The van der Waals surface area contributed by atoms with Crippen LogP contribution in [0.25, 0.3) is 0 Å². The normalized spacial score (nSPS) is 15.7. The van der Waals surface area contributed by atoms with Crippen molar-refractivity contribution in [3.63, 3.8) is 0 Å². The van der Waals surface area contributed by atoms with Crippen LogP contribution in [0.3, 0.4) is 0 Å². The molecule has 2 nitrogen and oxygen atoms in total. The molecule has 1 atom stereocenters. The van der Waals surface area contributed by atoms with E-state index >= 15 is 0 Å². The average molecular weight is 281 g/mol. The first-order valence-electron chi connectivity index (χ1n) is 7.92. The Bertz CT molecular complexity index is 546. The van der Waals surface area contributed by atoms with E-state index in [-0.39, 0.29) is 6.04 Å². The monoisotopic (exact) mass is 281 g/mol. The Balaban J connectivity index is 1.78. The van der Waals surface area contributed by atoms with Crippen LogP contribution in [0, 0.1) is 0 Å². The predicted octanol–water partition coefficient (Wildman–Crippen LogP) is 4.32. The number of rotatable bonds is 7. The minimum atomic E-state index is 0.251. The third kappa shape index (κ3) is 3.85. The van der Waals surface area contributed by atoms with Crippen LogP contribution in [0.2, 0.25) is 0 Å². The van der Waals surface area contributed by atoms with Gasteiger partial charge in [0.1, 0.15) is 5.75 Å². The molecule has 1 N–H and O–H groups in total. The van der Waals surface area contributed by atoms with E-state index in [2.05, 4.69) is 66.8 Å². The van der Waals surface area contributed by atoms with Crippen molar-refractivity contribution in [2.45, 2.75) is 38.3 Å². The maximum atomic E-state index is 5.83. The van der Waals surface area contributed by atoms with E-state index in [0.717, 1.165) is 18.7 Å². The summed E-state index contributed by atoms with van der Waals surface area (Å²) in [4.78, 5) is 0. The van der Waals surface area contributed by atoms with Gasteiger partial charge in [-0.1, -0.05) is 49.4 Å². The van der Waals surface area contributed by atoms with Crippen molar-refractivity contribution in [1.29, 1.82) is 0 Å². The van der Waals surface area contributed by atoms with Crippen LogP contribution in [0.15, 0.2) is 54.6 Å². The largest absolute Gasteiger partial charge is 0.490 e. The second-order valence-corrected chi connectivity index (χ2v) is 5.68. The Labute approximate surface area is 127 Å². The van der Waals surface area contributed by atoms with Gasteiger partial charge in [0.2, 0.25) is 0 Å². The maximum Gasteiger partial charge on any atom is 0.119 e. The lowest BCUT2D eigenvalue weighted by molar-refractivity contribution is 0.303. The van der Waals surface area contributed by atoms with Gasteiger partial charge < -0.3 is 10.1 Å². The first-order valence-corrected chi connectivity index (χ1v) is 7.92. The van der Waals surface area contributed by atoms with Crippen molar-refractivity contribution in [3.05, 3.63) is 65.7 Å². The highest BCUT2D eigenvalue weighted by molar-refractivity contribution is 5.35. The van der Waals surface area contributed by atoms with Crippen LogP contribution in [0.1, 0.15) is 43.4 Å². The summed E-state index contributed by atoms with van der Waals surface area (Å²) in [5, 5.41) is 3.63. The highest BCUT2D eigenvalue weighted by Crippen LogP contribution is 2.28. The molecule has 21 heavy (non-hydrogen) atoms. The number of hydrogen-bond donors (Lipinski definition) is 1. The van der Waals surface area contributed by atoms with Gasteiger partial charge in [-0.2, -0.15) is 0 Å². The molecule has 1 saturated carbocycles. The SMILES string of the molecule is CCCNC(c1ccccc1)c1ccc(OC2CC2)cc1. The molecule has 2 heteroatoms. The fourth-order valence-corrected chi connectivity index (χ4v) is 2.48. The zero-order chi connectivity index (χ0) is 14.5. The molecule has 0 spiro atoms. The van der Waals surface area contributed by atoms with Crippen molar-refractivity contribution in [2.24, 2.45) is 0 Å². The van der Waals surface area contributed by atoms with Gasteiger partial charge in [-0.05, 0) is 49.1 Å². The molecule has 0 heterocycles. The predicted molar refractivity (Wildman–Crippen MR) is 86.7 cm³/mol. The second-order valence-electron chi connectivity index (χ2n) is 5.68. The van der Waals surface area contributed by atoms with E-state index in [4.69, 9.17) is 4.74 Å². The molecule has 0 aromatic heterocycles. The Morgan fingerprint density at radius 2 is 1.67 bits per heavy atom. The number of benzene rings is 2. The fraction of sp³-hybridized carbons (Fsp3) is 0.368. The first kappa shape index (κ1) is 14.2. The van der Waals surface area contributed by atoms with Crippen molar-refractivity contribution in [3.8, 4) is 5.75 Å². The molecular formula is C19H23NO. The maximum absolute atomic E-state index is 5.83. The van der Waals surface area contributed by atoms with Gasteiger partial charge in [-0.25, -0.2) is 0 Å². The van der Waals surface area contributed by atoms with Crippen molar-refractivity contribution in [1.82, 2.24) is 5.32 Å². The molecule has 1 unspecified atom stereocenters. The van der Waals surface area contributed by atoms with Crippen molar-refractivity contribution >= 4 is 0 Å². The Hall–Kier alpha value is -1.80. The van der Waals surface area contributed by atoms with E-state index in [1.54, 1.807) is 0 Å². The summed E-state index contributed by atoms with van der Waals surface area (Å²) < 4.78 is 5.83. The molecule has 110 valence electrons. The summed E-state index contributed by atoms with van der Waals surface area (Å²) in [6.07, 6.45) is 3.99. The summed E-state index contributed by atoms with van der Waals surface area (Å²) in [6.45, 7) is 3.21. The van der Waals surface area contributed by atoms with Crippen molar-refractivity contribution < 1.29 is 4.74 Å². The third-order valence-electron chi connectivity index (χ3n) is 3.77. The lowest BCUT2D eigenvalue weighted by Gasteiger charge is -2.20. The molecular weight excluding hydrogens is 258 g/mol. The lowest BCUT2D eigenvalue weighted by atomic mass is 9.98. The highest BCUT2D eigenvalue weighted by atomic mass is 16.5. The topological polar surface area (TPSA) is 21.3 Å². The van der Waals surface area contributed by atoms with Crippen LogP contribution >= 0.6 is 0 Å². The molecule has 2 aromatic rings. The Morgan fingerprint density at radius 3 is 2.29 bits per heavy atom. The number of ether oxygens (including phenoxy) is 1. The molecule has 0 saturated heterocycles. The first-order chi connectivity index (χ1) is 10.4. The summed E-state index contributed by atoms with van der Waals surface area (Å²) in [7, 11) is 0. The molecule has 0 amide bonds. The molecule has 0 bridgehead atoms. The molecule has 1 aliphatic rings. The molecule has 3 rings (SSSR count). The Kier molecular flexibility index (Phi) is 4.56. The van der Waals surface area contributed by atoms with E-state index in [9.17, 15) is 0 Å². The summed E-state index contributed by atoms with van der Waals surface area (Å²) in [6, 6.07) is 19.4. The second kappa shape index (κ2) is 6.77. The van der Waals surface area contributed by atoms with Gasteiger partial charge in [-0.3, -0.25) is 0 Å². The standard InChI is InChI=1S/C19H23NO/c1-2-14-20-19(15-6-4-3-5-7-15)16-8-10-17(11-9-16)21-18-12-13-18/h3-11,18-20H,2,12-14H2,1H3. The summed E-state index contributed by atoms with van der Waals surface area (Å²) >= 11 is 0. The molecule has 2 aromatic carbocycles. The van der Waals surface area contributed by atoms with Gasteiger partial charge in [0.05, 0.1) is 12.1 Å². The van der Waals surface area contributed by atoms with Crippen LogP contribution in [-0.4, -0.2) is 12.6 Å². The highest BCUT2D eigenvalue weighted by Gasteiger charge is 2.23. The van der Waals surface area contributed by atoms with Gasteiger partial charge in [-0.15, -0.1) is 0 Å². The molecule has 1 aliphatic carbocycles. The minimum Gasteiger partial charge on any atom is -0.490 e. The summed E-state index contributed by atoms with van der Waals surface area (Å²) in [5.74, 6) is 0.989. The number of nitrogens with one attached hydrogen (secondary N) is 1. The smallest absolute Gasteiger partial charge is 0.119 e. The van der Waals surface area contributed by atoms with Crippen LogP contribution in [-0.2, 0) is 0 Å². The zero-order valence-corrected chi connectivity index (χ0v) is 12.6. The fourth-order valence-electron chi connectivity index (χ4n) is 2.48. The lowest BCUT2D eigenvalue weighted by Crippen LogP contribution is -2.23. The molecule has 1 fully saturated rings. The molecule has 0 radical (unpaired) electrons. The van der Waals surface area contributed by atoms with Gasteiger partial charge in [0.25, 0.3) is 0 Å². The van der Waals surface area contributed by atoms with Crippen molar-refractivity contribution in [2.75, 3.05) is 6.54 Å². The van der Waals surface area contributed by atoms with E-state index < -0.39 is 0 Å². The summed E-state index contributed by atoms with van der Waals surface area (Å²) in [5.41, 5.74) is 2.60. The quantitative estimate of drug-likeness (QED) is 0.816. The van der Waals surface area contributed by atoms with Gasteiger partial charge >= 0.3 is 0 Å². The molecule has 0 aliphatic heterocycles. The average Bonchev–Trinajstić information content (AvgIpc) is 3.34. The van der Waals surface area contributed by atoms with Gasteiger partial charge in [0.15, 0.2) is 0 Å². The van der Waals surface area contributed by atoms with E-state index in [1.807, 2.05) is 0 Å². The Morgan fingerprint density at radius 1 is 1.00 bits per heavy atom. The van der Waals surface area contributed by atoms with Crippen LogP contribution in [0.4, 0.5) is 0 Å². The van der Waals surface area contributed by atoms with E-state index in [0.29, 0.717) is 6.10 Å². The number of hydrogen-bond acceptors (Lipinski definition) is 2. The van der Waals surface area contributed by atoms with Crippen LogP contribution in [0.5, 0.6) is 5.75 Å². The zero-order valence-electron chi connectivity index (χ0n) is 12.6. The van der Waals surface area contributed by atoms with E-state index in [1.165, 1.54) is 24.0 Å². The third-order valence-corrected chi connectivity index (χ3v) is 3.77. The minimum absolute atomic E-state index is 0.251.